The highest BCUT2D eigenvalue weighted by molar-refractivity contribution is 7.93. The van der Waals surface area contributed by atoms with Crippen LogP contribution in [-0.4, -0.2) is 40.6 Å². The standard InChI is InChI=1S/C19H22ClN5O3S2/c1-11-22-8-12(9-23-11)24-17(26)15-7-13(20)16(29-15)14-10-30(27,28)19(18(21)25-14)5-3-2-4-6-19/h7-9,14H,2-6,10H2,1H3,(H2,21,25)(H,24,26). The summed E-state index contributed by atoms with van der Waals surface area (Å²) in [4.78, 5) is 26.1. The fourth-order valence-electron chi connectivity index (χ4n) is 4.05. The van der Waals surface area contributed by atoms with E-state index in [2.05, 4.69) is 20.3 Å². The van der Waals surface area contributed by atoms with Crippen LogP contribution in [0.5, 0.6) is 0 Å². The Hall–Kier alpha value is -2.04. The normalized spacial score (nSPS) is 22.5. The molecule has 1 aliphatic carbocycles. The summed E-state index contributed by atoms with van der Waals surface area (Å²) in [6.07, 6.45) is 6.72. The van der Waals surface area contributed by atoms with E-state index in [9.17, 15) is 13.2 Å². The predicted octanol–water partition coefficient (Wildman–Crippen LogP) is 3.28. The van der Waals surface area contributed by atoms with Crippen LogP contribution in [0.4, 0.5) is 5.69 Å². The van der Waals surface area contributed by atoms with Crippen LogP contribution in [0.1, 0.15) is 58.5 Å². The SMILES string of the molecule is Cc1ncc(NC(=O)c2cc(Cl)c(C3CS(=O)(=O)C4(CCCCC4)C(N)=N3)s2)cn1. The Balaban J connectivity index is 1.60. The first-order valence-electron chi connectivity index (χ1n) is 9.67. The highest BCUT2D eigenvalue weighted by atomic mass is 35.5. The van der Waals surface area contributed by atoms with Crippen LogP contribution < -0.4 is 11.1 Å². The number of nitrogens with zero attached hydrogens (tertiary/aromatic N) is 3. The highest BCUT2D eigenvalue weighted by Gasteiger charge is 2.51. The molecule has 2 aromatic heterocycles. The van der Waals surface area contributed by atoms with E-state index in [4.69, 9.17) is 17.3 Å². The smallest absolute Gasteiger partial charge is 0.265 e. The predicted molar refractivity (Wildman–Crippen MR) is 118 cm³/mol. The van der Waals surface area contributed by atoms with Crippen LogP contribution in [0.3, 0.4) is 0 Å². The van der Waals surface area contributed by atoms with Gasteiger partial charge in [-0.25, -0.2) is 18.4 Å². The molecular weight excluding hydrogens is 446 g/mol. The van der Waals surface area contributed by atoms with E-state index >= 15 is 0 Å². The van der Waals surface area contributed by atoms with E-state index in [1.54, 1.807) is 6.92 Å². The Morgan fingerprint density at radius 1 is 1.27 bits per heavy atom. The van der Waals surface area contributed by atoms with E-state index in [1.165, 1.54) is 18.5 Å². The van der Waals surface area contributed by atoms with Crippen molar-refractivity contribution in [2.24, 2.45) is 10.7 Å². The number of nitrogens with two attached hydrogens (primary N) is 1. The van der Waals surface area contributed by atoms with Gasteiger partial charge in [0.1, 0.15) is 22.4 Å². The average molecular weight is 468 g/mol. The number of thiophene rings is 1. The van der Waals surface area contributed by atoms with Gasteiger partial charge < -0.3 is 11.1 Å². The number of amidine groups is 1. The van der Waals surface area contributed by atoms with Gasteiger partial charge in [-0.05, 0) is 25.8 Å². The molecule has 2 aliphatic rings. The van der Waals surface area contributed by atoms with Crippen LogP contribution in [0, 0.1) is 6.92 Å². The second kappa shape index (κ2) is 7.90. The first-order valence-corrected chi connectivity index (χ1v) is 12.5. The van der Waals surface area contributed by atoms with Gasteiger partial charge in [0.25, 0.3) is 5.91 Å². The second-order valence-electron chi connectivity index (χ2n) is 7.66. The number of rotatable bonds is 3. The van der Waals surface area contributed by atoms with E-state index < -0.39 is 20.6 Å². The van der Waals surface area contributed by atoms with Crippen LogP contribution >= 0.6 is 22.9 Å². The molecule has 160 valence electrons. The van der Waals surface area contributed by atoms with Crippen molar-refractivity contribution in [3.05, 3.63) is 39.1 Å². The van der Waals surface area contributed by atoms with Crippen LogP contribution in [0.2, 0.25) is 5.02 Å². The summed E-state index contributed by atoms with van der Waals surface area (Å²) in [6.45, 7) is 1.75. The van der Waals surface area contributed by atoms with Crippen LogP contribution in [0.25, 0.3) is 0 Å². The lowest BCUT2D eigenvalue weighted by atomic mass is 9.87. The maximum atomic E-state index is 13.2. The lowest BCUT2D eigenvalue weighted by Gasteiger charge is -2.40. The first-order chi connectivity index (χ1) is 14.2. The molecule has 3 heterocycles. The molecule has 0 bridgehead atoms. The van der Waals surface area contributed by atoms with Crippen LogP contribution in [-0.2, 0) is 9.84 Å². The Kier molecular flexibility index (Phi) is 5.58. The van der Waals surface area contributed by atoms with Crippen molar-refractivity contribution in [1.29, 1.82) is 0 Å². The van der Waals surface area contributed by atoms with Crippen molar-refractivity contribution in [3.63, 3.8) is 0 Å². The van der Waals surface area contributed by atoms with Crippen LogP contribution in [0.15, 0.2) is 23.5 Å². The zero-order valence-electron chi connectivity index (χ0n) is 16.4. The summed E-state index contributed by atoms with van der Waals surface area (Å²) in [6, 6.07) is 0.819. The second-order valence-corrected chi connectivity index (χ2v) is 11.5. The summed E-state index contributed by atoms with van der Waals surface area (Å²) in [5, 5.41) is 3.02. The van der Waals surface area contributed by atoms with Crippen molar-refractivity contribution >= 4 is 50.2 Å². The third-order valence-electron chi connectivity index (χ3n) is 5.67. The number of aromatic nitrogens is 2. The van der Waals surface area contributed by atoms with Gasteiger partial charge in [0.2, 0.25) is 0 Å². The number of carbonyl (C=O) groups is 1. The number of hydrogen-bond acceptors (Lipinski definition) is 8. The minimum Gasteiger partial charge on any atom is -0.386 e. The van der Waals surface area contributed by atoms with Gasteiger partial charge in [0, 0.05) is 4.88 Å². The molecule has 1 saturated carbocycles. The molecule has 1 amide bonds. The molecule has 0 saturated heterocycles. The molecule has 1 aliphatic heterocycles. The number of aryl methyl sites for hydroxylation is 1. The number of amides is 1. The molecule has 0 radical (unpaired) electrons. The maximum absolute atomic E-state index is 13.2. The molecule has 0 aromatic carbocycles. The van der Waals surface area contributed by atoms with E-state index in [0.29, 0.717) is 39.1 Å². The number of nitrogens with one attached hydrogen (secondary N) is 1. The zero-order valence-corrected chi connectivity index (χ0v) is 18.8. The zero-order chi connectivity index (χ0) is 21.5. The molecule has 8 nitrogen and oxygen atoms in total. The van der Waals surface area contributed by atoms with Gasteiger partial charge >= 0.3 is 0 Å². The van der Waals surface area contributed by atoms with Crippen molar-refractivity contribution in [3.8, 4) is 0 Å². The number of carbonyl (C=O) groups excluding carboxylic acids is 1. The third kappa shape index (κ3) is 3.72. The molecule has 11 heteroatoms. The van der Waals surface area contributed by atoms with Crippen molar-refractivity contribution < 1.29 is 13.2 Å². The molecule has 1 spiro atoms. The fraction of sp³-hybridized carbons (Fsp3) is 0.474. The monoisotopic (exact) mass is 467 g/mol. The van der Waals surface area contributed by atoms with Gasteiger partial charge in [0.15, 0.2) is 9.84 Å². The minimum atomic E-state index is -3.50. The summed E-state index contributed by atoms with van der Waals surface area (Å²) in [7, 11) is -3.50. The van der Waals surface area contributed by atoms with Crippen molar-refractivity contribution in [2.45, 2.75) is 49.8 Å². The van der Waals surface area contributed by atoms with Gasteiger partial charge in [-0.3, -0.25) is 9.79 Å². The molecule has 1 atom stereocenters. The Morgan fingerprint density at radius 3 is 2.57 bits per heavy atom. The molecule has 30 heavy (non-hydrogen) atoms. The Labute approximate surface area is 183 Å². The van der Waals surface area contributed by atoms with E-state index in [0.717, 1.165) is 30.6 Å². The number of anilines is 1. The van der Waals surface area contributed by atoms with Gasteiger partial charge in [-0.15, -0.1) is 11.3 Å². The quantitative estimate of drug-likeness (QED) is 0.712. The van der Waals surface area contributed by atoms with Gasteiger partial charge in [-0.2, -0.15) is 0 Å². The highest BCUT2D eigenvalue weighted by Crippen LogP contribution is 2.44. The lowest BCUT2D eigenvalue weighted by Crippen LogP contribution is -2.55. The number of aliphatic imine (C=N–C) groups is 1. The largest absolute Gasteiger partial charge is 0.386 e. The molecule has 3 N–H and O–H groups in total. The van der Waals surface area contributed by atoms with E-state index in [1.807, 2.05) is 0 Å². The topological polar surface area (TPSA) is 127 Å². The summed E-state index contributed by atoms with van der Waals surface area (Å²) in [5.41, 5.74) is 6.67. The van der Waals surface area contributed by atoms with E-state index in [-0.39, 0.29) is 17.5 Å². The summed E-state index contributed by atoms with van der Waals surface area (Å²) < 4.78 is 25.3. The Morgan fingerprint density at radius 2 is 1.93 bits per heavy atom. The molecule has 4 rings (SSSR count). The lowest BCUT2D eigenvalue weighted by molar-refractivity contribution is 0.103. The van der Waals surface area contributed by atoms with Gasteiger partial charge in [-0.1, -0.05) is 30.9 Å². The van der Waals surface area contributed by atoms with Crippen molar-refractivity contribution in [1.82, 2.24) is 9.97 Å². The summed E-state index contributed by atoms with van der Waals surface area (Å²) in [5.74, 6) is 0.241. The Bertz CT molecular complexity index is 1110. The number of hydrogen-bond donors (Lipinski definition) is 2. The fourth-order valence-corrected chi connectivity index (χ4v) is 7.81. The first kappa shape index (κ1) is 21.2. The third-order valence-corrected chi connectivity index (χ3v) is 9.90. The van der Waals surface area contributed by atoms with Crippen molar-refractivity contribution in [2.75, 3.05) is 11.1 Å². The number of halogens is 1. The maximum Gasteiger partial charge on any atom is 0.265 e. The molecule has 1 fully saturated rings. The molecule has 2 aromatic rings. The average Bonchev–Trinajstić information content (AvgIpc) is 3.10. The summed E-state index contributed by atoms with van der Waals surface area (Å²) >= 11 is 7.49. The number of sulfone groups is 1. The molecule has 1 unspecified atom stereocenters. The van der Waals surface area contributed by atoms with Gasteiger partial charge in [0.05, 0.1) is 33.7 Å². The minimum absolute atomic E-state index is 0.152. The molecular formula is C19H22ClN5O3S2.